The molecule has 2 unspecified atom stereocenters. The Morgan fingerprint density at radius 1 is 1.09 bits per heavy atom. The highest BCUT2D eigenvalue weighted by Crippen LogP contribution is 2.48. The SMILES string of the molecule is CCc1ccc(C2CN3C(=O)CN(CCC(C)C)C(=O)C3(C)c3[nH]c4ccccc4c32)cc1. The molecule has 1 saturated heterocycles. The summed E-state index contributed by atoms with van der Waals surface area (Å²) in [6.45, 7) is 9.67. The standard InChI is InChI=1S/C28H33N3O2/c1-5-19-10-12-20(13-11-19)22-16-31-24(32)17-30(15-14-18(2)3)27(33)28(31,4)26-25(22)21-8-6-7-9-23(21)29-26/h6-13,18,22,29H,5,14-17H2,1-4H3. The van der Waals surface area contributed by atoms with E-state index in [9.17, 15) is 9.59 Å². The molecule has 1 aromatic heterocycles. The van der Waals surface area contributed by atoms with Crippen LogP contribution in [-0.2, 0) is 21.5 Å². The number of carbonyl (C=O) groups excluding carboxylic acids is 2. The normalized spacial score (nSPS) is 22.8. The molecule has 0 spiro atoms. The number of amides is 2. The fourth-order valence-corrected chi connectivity index (χ4v) is 5.56. The molecule has 3 heterocycles. The van der Waals surface area contributed by atoms with Crippen LogP contribution < -0.4 is 0 Å². The van der Waals surface area contributed by atoms with E-state index in [-0.39, 0.29) is 24.3 Å². The summed E-state index contributed by atoms with van der Waals surface area (Å²) in [5, 5.41) is 1.14. The van der Waals surface area contributed by atoms with Crippen molar-refractivity contribution in [1.29, 1.82) is 0 Å². The number of benzene rings is 2. The van der Waals surface area contributed by atoms with Crippen LogP contribution in [0.4, 0.5) is 0 Å². The first kappa shape index (κ1) is 21.7. The Balaban J connectivity index is 1.67. The van der Waals surface area contributed by atoms with Gasteiger partial charge in [0.1, 0.15) is 0 Å². The first-order valence-corrected chi connectivity index (χ1v) is 12.1. The number of nitrogens with zero attached hydrogens (tertiary/aromatic N) is 2. The quantitative estimate of drug-likeness (QED) is 0.615. The van der Waals surface area contributed by atoms with E-state index in [1.54, 1.807) is 4.90 Å². The van der Waals surface area contributed by atoms with Gasteiger partial charge in [0.05, 0.1) is 12.2 Å². The lowest BCUT2D eigenvalue weighted by Gasteiger charge is -2.51. The van der Waals surface area contributed by atoms with Crippen molar-refractivity contribution in [3.63, 3.8) is 0 Å². The van der Waals surface area contributed by atoms with E-state index in [1.807, 2.05) is 24.0 Å². The minimum absolute atomic E-state index is 0.0223. The summed E-state index contributed by atoms with van der Waals surface area (Å²) in [4.78, 5) is 34.5. The molecule has 0 aliphatic carbocycles. The molecule has 2 aromatic carbocycles. The lowest BCUT2D eigenvalue weighted by molar-refractivity contribution is -0.166. The summed E-state index contributed by atoms with van der Waals surface area (Å²) in [6.07, 6.45) is 1.88. The largest absolute Gasteiger partial charge is 0.356 e. The molecule has 2 atom stereocenters. The second-order valence-electron chi connectivity index (χ2n) is 10.1. The van der Waals surface area contributed by atoms with Crippen molar-refractivity contribution in [1.82, 2.24) is 14.8 Å². The molecular formula is C28H33N3O2. The Bertz CT molecular complexity index is 1210. The number of aromatic amines is 1. The zero-order valence-corrected chi connectivity index (χ0v) is 20.0. The summed E-state index contributed by atoms with van der Waals surface area (Å²) in [5.41, 5.74) is 4.50. The van der Waals surface area contributed by atoms with Gasteiger partial charge in [-0.25, -0.2) is 0 Å². The van der Waals surface area contributed by atoms with Crippen LogP contribution in [0.3, 0.4) is 0 Å². The Kier molecular flexibility index (Phi) is 5.31. The molecule has 1 fully saturated rings. The Morgan fingerprint density at radius 2 is 1.82 bits per heavy atom. The van der Waals surface area contributed by atoms with Gasteiger partial charge in [-0.15, -0.1) is 0 Å². The van der Waals surface area contributed by atoms with E-state index < -0.39 is 5.54 Å². The maximum absolute atomic E-state index is 13.9. The Hall–Kier alpha value is -3.08. The molecule has 0 bridgehead atoms. The van der Waals surface area contributed by atoms with E-state index in [0.29, 0.717) is 19.0 Å². The third-order valence-electron chi connectivity index (χ3n) is 7.58. The van der Waals surface area contributed by atoms with Gasteiger partial charge >= 0.3 is 0 Å². The van der Waals surface area contributed by atoms with Gasteiger partial charge in [0.15, 0.2) is 5.54 Å². The number of carbonyl (C=O) groups is 2. The summed E-state index contributed by atoms with van der Waals surface area (Å²) in [5.74, 6) is 0.550. The number of para-hydroxylation sites is 1. The van der Waals surface area contributed by atoms with Crippen molar-refractivity contribution in [2.24, 2.45) is 5.92 Å². The lowest BCUT2D eigenvalue weighted by atomic mass is 9.76. The van der Waals surface area contributed by atoms with Gasteiger partial charge in [0.2, 0.25) is 5.91 Å². The minimum Gasteiger partial charge on any atom is -0.356 e. The van der Waals surface area contributed by atoms with E-state index in [4.69, 9.17) is 0 Å². The number of hydrogen-bond donors (Lipinski definition) is 1. The molecule has 5 nitrogen and oxygen atoms in total. The molecule has 5 heteroatoms. The molecule has 33 heavy (non-hydrogen) atoms. The smallest absolute Gasteiger partial charge is 0.254 e. The molecule has 0 radical (unpaired) electrons. The predicted octanol–water partition coefficient (Wildman–Crippen LogP) is 4.81. The molecule has 2 amide bonds. The van der Waals surface area contributed by atoms with Crippen LogP contribution in [0.2, 0.25) is 0 Å². The summed E-state index contributed by atoms with van der Waals surface area (Å²) in [7, 11) is 0. The van der Waals surface area contributed by atoms with Gasteiger partial charge in [-0.05, 0) is 48.4 Å². The van der Waals surface area contributed by atoms with Crippen LogP contribution in [0, 0.1) is 5.92 Å². The summed E-state index contributed by atoms with van der Waals surface area (Å²) >= 11 is 0. The molecule has 3 aromatic rings. The van der Waals surface area contributed by atoms with E-state index >= 15 is 0 Å². The highest BCUT2D eigenvalue weighted by molar-refractivity contribution is 6.01. The third kappa shape index (κ3) is 3.36. The highest BCUT2D eigenvalue weighted by atomic mass is 16.2. The molecule has 172 valence electrons. The number of hydrogen-bond acceptors (Lipinski definition) is 2. The van der Waals surface area contributed by atoms with Gasteiger partial charge in [-0.1, -0.05) is 63.2 Å². The number of aryl methyl sites for hydroxylation is 1. The number of fused-ring (bicyclic) bond motifs is 5. The number of rotatable bonds is 5. The van der Waals surface area contributed by atoms with Gasteiger partial charge in [0, 0.05) is 29.9 Å². The maximum atomic E-state index is 13.9. The third-order valence-corrected chi connectivity index (χ3v) is 7.58. The first-order valence-electron chi connectivity index (χ1n) is 12.1. The topological polar surface area (TPSA) is 56.4 Å². The van der Waals surface area contributed by atoms with Crippen LogP contribution in [0.1, 0.15) is 62.4 Å². The van der Waals surface area contributed by atoms with Crippen LogP contribution in [0.25, 0.3) is 10.9 Å². The zero-order valence-electron chi connectivity index (χ0n) is 20.0. The van der Waals surface area contributed by atoms with Crippen LogP contribution in [0.15, 0.2) is 48.5 Å². The summed E-state index contributed by atoms with van der Waals surface area (Å²) < 4.78 is 0. The molecule has 5 rings (SSSR count). The summed E-state index contributed by atoms with van der Waals surface area (Å²) in [6, 6.07) is 17.0. The van der Waals surface area contributed by atoms with Gasteiger partial charge in [-0.3, -0.25) is 9.59 Å². The number of nitrogens with one attached hydrogen (secondary N) is 1. The maximum Gasteiger partial charge on any atom is 0.254 e. The second kappa shape index (κ2) is 8.05. The van der Waals surface area contributed by atoms with E-state index in [2.05, 4.69) is 62.2 Å². The average Bonchev–Trinajstić information content (AvgIpc) is 3.21. The predicted molar refractivity (Wildman–Crippen MR) is 131 cm³/mol. The van der Waals surface area contributed by atoms with E-state index in [0.717, 1.165) is 35.0 Å². The Morgan fingerprint density at radius 3 is 2.52 bits per heavy atom. The van der Waals surface area contributed by atoms with Crippen molar-refractivity contribution >= 4 is 22.7 Å². The molecule has 2 aliphatic heterocycles. The van der Waals surface area contributed by atoms with Crippen LogP contribution in [0.5, 0.6) is 0 Å². The van der Waals surface area contributed by atoms with Crippen LogP contribution in [-0.4, -0.2) is 46.2 Å². The van der Waals surface area contributed by atoms with Crippen molar-refractivity contribution in [2.45, 2.75) is 52.0 Å². The Labute approximate surface area is 195 Å². The van der Waals surface area contributed by atoms with Crippen molar-refractivity contribution in [2.75, 3.05) is 19.6 Å². The monoisotopic (exact) mass is 443 g/mol. The van der Waals surface area contributed by atoms with Gasteiger partial charge in [-0.2, -0.15) is 0 Å². The van der Waals surface area contributed by atoms with Crippen LogP contribution >= 0.6 is 0 Å². The first-order chi connectivity index (χ1) is 15.8. The van der Waals surface area contributed by atoms with Crippen molar-refractivity contribution in [3.8, 4) is 0 Å². The number of aromatic nitrogens is 1. The highest BCUT2D eigenvalue weighted by Gasteiger charge is 2.56. The number of piperazine rings is 1. The lowest BCUT2D eigenvalue weighted by Crippen LogP contribution is -2.67. The fourth-order valence-electron chi connectivity index (χ4n) is 5.56. The zero-order chi connectivity index (χ0) is 23.3. The number of H-pyrrole nitrogens is 1. The van der Waals surface area contributed by atoms with Gasteiger partial charge < -0.3 is 14.8 Å². The average molecular weight is 444 g/mol. The van der Waals surface area contributed by atoms with Crippen molar-refractivity contribution in [3.05, 3.63) is 70.9 Å². The van der Waals surface area contributed by atoms with Gasteiger partial charge in [0.25, 0.3) is 5.91 Å². The minimum atomic E-state index is -1.01. The van der Waals surface area contributed by atoms with Crippen molar-refractivity contribution < 1.29 is 9.59 Å². The fraction of sp³-hybridized carbons (Fsp3) is 0.429. The molecular weight excluding hydrogens is 410 g/mol. The molecule has 0 saturated carbocycles. The molecule has 2 aliphatic rings. The van der Waals surface area contributed by atoms with E-state index in [1.165, 1.54) is 11.1 Å². The molecule has 1 N–H and O–H groups in total. The second-order valence-corrected chi connectivity index (χ2v) is 10.1.